The van der Waals surface area contributed by atoms with Gasteiger partial charge in [0, 0.05) is 25.1 Å². The first-order chi connectivity index (χ1) is 12.3. The summed E-state index contributed by atoms with van der Waals surface area (Å²) in [6, 6.07) is 2.85. The van der Waals surface area contributed by atoms with E-state index in [0.29, 0.717) is 17.7 Å². The average Bonchev–Trinajstić information content (AvgIpc) is 2.59. The van der Waals surface area contributed by atoms with Crippen LogP contribution in [0.25, 0.3) is 10.9 Å². The Hall–Kier alpha value is -2.48. The van der Waals surface area contributed by atoms with Crippen LogP contribution in [0.1, 0.15) is 33.6 Å². The normalized spacial score (nSPS) is 20.9. The van der Waals surface area contributed by atoms with Gasteiger partial charge in [-0.15, -0.1) is 0 Å². The Morgan fingerprint density at radius 2 is 2.19 bits per heavy atom. The van der Waals surface area contributed by atoms with Crippen LogP contribution in [-0.2, 0) is 4.74 Å². The number of nitro groups is 1. The first-order valence-corrected chi connectivity index (χ1v) is 8.78. The van der Waals surface area contributed by atoms with Crippen LogP contribution in [-0.4, -0.2) is 34.1 Å². The zero-order valence-corrected chi connectivity index (χ0v) is 15.2. The first-order valence-electron chi connectivity index (χ1n) is 8.78. The van der Waals surface area contributed by atoms with Gasteiger partial charge in [-0.25, -0.2) is 4.98 Å². The number of nitro benzene ring substituents is 1. The van der Waals surface area contributed by atoms with Crippen molar-refractivity contribution in [3.05, 3.63) is 38.9 Å². The standard InChI is InChI=1S/C18H24N4O4/c1-18(2,3)16-11(5-4-6-26-16)9-19-14-8-13-12(7-15(14)22(24)25)17(23)21-10-20-13/h7-8,10-11,16,19H,4-6,9H2,1-3H3,(H,20,21,23). The highest BCUT2D eigenvalue weighted by molar-refractivity contribution is 5.86. The Bertz CT molecular complexity index is 872. The molecule has 2 N–H and O–H groups in total. The second-order valence-corrected chi connectivity index (χ2v) is 7.82. The van der Waals surface area contributed by atoms with Gasteiger partial charge in [0.05, 0.1) is 28.3 Å². The van der Waals surface area contributed by atoms with Crippen molar-refractivity contribution in [2.45, 2.75) is 39.7 Å². The number of H-pyrrole nitrogens is 1. The van der Waals surface area contributed by atoms with Crippen LogP contribution in [0.15, 0.2) is 23.3 Å². The number of fused-ring (bicyclic) bond motifs is 1. The van der Waals surface area contributed by atoms with Gasteiger partial charge in [-0.3, -0.25) is 14.9 Å². The van der Waals surface area contributed by atoms with Crippen LogP contribution in [0, 0.1) is 21.4 Å². The third-order valence-electron chi connectivity index (χ3n) is 4.81. The van der Waals surface area contributed by atoms with Crippen LogP contribution in [0.3, 0.4) is 0 Å². The Morgan fingerprint density at radius 3 is 2.88 bits per heavy atom. The van der Waals surface area contributed by atoms with Crippen molar-refractivity contribution in [3.8, 4) is 0 Å². The van der Waals surface area contributed by atoms with E-state index in [0.717, 1.165) is 19.4 Å². The maximum atomic E-state index is 11.9. The number of nitrogens with zero attached hydrogens (tertiary/aromatic N) is 2. The Kier molecular flexibility index (Phi) is 4.95. The molecule has 1 fully saturated rings. The van der Waals surface area contributed by atoms with Crippen molar-refractivity contribution in [1.82, 2.24) is 9.97 Å². The van der Waals surface area contributed by atoms with Crippen molar-refractivity contribution in [2.75, 3.05) is 18.5 Å². The number of aromatic nitrogens is 2. The fourth-order valence-electron chi connectivity index (χ4n) is 3.65. The lowest BCUT2D eigenvalue weighted by Crippen LogP contribution is -2.42. The van der Waals surface area contributed by atoms with Gasteiger partial charge >= 0.3 is 0 Å². The van der Waals surface area contributed by atoms with E-state index in [1.165, 1.54) is 12.4 Å². The molecule has 0 aliphatic carbocycles. The summed E-state index contributed by atoms with van der Waals surface area (Å²) in [5.74, 6) is 0.256. The molecule has 1 aliphatic rings. The fraction of sp³-hybridized carbons (Fsp3) is 0.556. The second kappa shape index (κ2) is 7.03. The molecule has 0 spiro atoms. The summed E-state index contributed by atoms with van der Waals surface area (Å²) in [5, 5.41) is 14.9. The minimum atomic E-state index is -0.479. The van der Waals surface area contributed by atoms with E-state index in [2.05, 4.69) is 36.1 Å². The fourth-order valence-corrected chi connectivity index (χ4v) is 3.65. The zero-order chi connectivity index (χ0) is 18.9. The van der Waals surface area contributed by atoms with Crippen molar-refractivity contribution < 1.29 is 9.66 Å². The van der Waals surface area contributed by atoms with Crippen molar-refractivity contribution in [2.24, 2.45) is 11.3 Å². The van der Waals surface area contributed by atoms with Crippen LogP contribution in [0.2, 0.25) is 0 Å². The minimum absolute atomic E-state index is 0.00304. The Balaban J connectivity index is 1.89. The molecule has 0 radical (unpaired) electrons. The molecule has 140 valence electrons. The molecule has 26 heavy (non-hydrogen) atoms. The van der Waals surface area contributed by atoms with Gasteiger partial charge in [-0.2, -0.15) is 0 Å². The van der Waals surface area contributed by atoms with E-state index in [1.807, 2.05) is 0 Å². The molecule has 0 bridgehead atoms. The Labute approximate surface area is 151 Å². The molecule has 1 saturated heterocycles. The molecule has 8 heteroatoms. The lowest BCUT2D eigenvalue weighted by atomic mass is 9.78. The van der Waals surface area contributed by atoms with Gasteiger partial charge in [0.25, 0.3) is 11.2 Å². The molecule has 1 aromatic carbocycles. The van der Waals surface area contributed by atoms with Crippen LogP contribution < -0.4 is 10.9 Å². The summed E-state index contributed by atoms with van der Waals surface area (Å²) in [6.07, 6.45) is 3.37. The summed E-state index contributed by atoms with van der Waals surface area (Å²) < 4.78 is 5.98. The molecule has 0 saturated carbocycles. The summed E-state index contributed by atoms with van der Waals surface area (Å²) in [5.41, 5.74) is 0.280. The van der Waals surface area contributed by atoms with Gasteiger partial charge < -0.3 is 15.0 Å². The monoisotopic (exact) mass is 360 g/mol. The lowest BCUT2D eigenvalue weighted by Gasteiger charge is -2.40. The minimum Gasteiger partial charge on any atom is -0.379 e. The largest absolute Gasteiger partial charge is 0.379 e. The summed E-state index contributed by atoms with van der Waals surface area (Å²) in [7, 11) is 0. The van der Waals surface area contributed by atoms with E-state index in [-0.39, 0.29) is 28.5 Å². The highest BCUT2D eigenvalue weighted by Gasteiger charge is 2.35. The molecule has 0 amide bonds. The molecular formula is C18H24N4O4. The number of nitrogens with one attached hydrogen (secondary N) is 2. The second-order valence-electron chi connectivity index (χ2n) is 7.82. The van der Waals surface area contributed by atoms with Gasteiger partial charge in [0.1, 0.15) is 5.69 Å². The van der Waals surface area contributed by atoms with E-state index in [4.69, 9.17) is 4.74 Å². The van der Waals surface area contributed by atoms with E-state index in [9.17, 15) is 14.9 Å². The lowest BCUT2D eigenvalue weighted by molar-refractivity contribution is -0.383. The number of aromatic amines is 1. The highest BCUT2D eigenvalue weighted by Crippen LogP contribution is 2.35. The average molecular weight is 360 g/mol. The number of anilines is 1. The topological polar surface area (TPSA) is 110 Å². The number of hydrogen-bond donors (Lipinski definition) is 2. The Morgan fingerprint density at radius 1 is 1.42 bits per heavy atom. The van der Waals surface area contributed by atoms with Gasteiger partial charge in [-0.05, 0) is 24.3 Å². The molecule has 2 unspecified atom stereocenters. The van der Waals surface area contributed by atoms with Gasteiger partial charge in [0.15, 0.2) is 0 Å². The molecular weight excluding hydrogens is 336 g/mol. The number of hydrogen-bond acceptors (Lipinski definition) is 6. The van der Waals surface area contributed by atoms with E-state index < -0.39 is 10.5 Å². The molecule has 2 atom stereocenters. The highest BCUT2D eigenvalue weighted by atomic mass is 16.6. The quantitative estimate of drug-likeness (QED) is 0.640. The number of rotatable bonds is 4. The van der Waals surface area contributed by atoms with Crippen molar-refractivity contribution in [1.29, 1.82) is 0 Å². The predicted octanol–water partition coefficient (Wildman–Crippen LogP) is 3.08. The third kappa shape index (κ3) is 3.70. The molecule has 2 heterocycles. The van der Waals surface area contributed by atoms with Gasteiger partial charge in [-0.1, -0.05) is 20.8 Å². The van der Waals surface area contributed by atoms with Crippen LogP contribution in [0.4, 0.5) is 11.4 Å². The molecule has 3 rings (SSSR count). The molecule has 1 aliphatic heterocycles. The SMILES string of the molecule is CC(C)(C)C1OCCCC1CNc1cc2nc[nH]c(=O)c2cc1[N+](=O)[O-]. The zero-order valence-electron chi connectivity index (χ0n) is 15.2. The van der Waals surface area contributed by atoms with E-state index >= 15 is 0 Å². The van der Waals surface area contributed by atoms with Crippen LogP contribution in [0.5, 0.6) is 0 Å². The van der Waals surface area contributed by atoms with Crippen molar-refractivity contribution >= 4 is 22.3 Å². The molecule has 2 aromatic rings. The summed E-state index contributed by atoms with van der Waals surface area (Å²) >= 11 is 0. The maximum absolute atomic E-state index is 11.9. The van der Waals surface area contributed by atoms with Crippen LogP contribution >= 0.6 is 0 Å². The van der Waals surface area contributed by atoms with Crippen molar-refractivity contribution in [3.63, 3.8) is 0 Å². The molecule has 1 aromatic heterocycles. The number of benzene rings is 1. The predicted molar refractivity (Wildman–Crippen MR) is 99.4 cm³/mol. The first kappa shape index (κ1) is 18.3. The summed E-state index contributed by atoms with van der Waals surface area (Å²) in [6.45, 7) is 7.75. The third-order valence-corrected chi connectivity index (χ3v) is 4.81. The smallest absolute Gasteiger partial charge is 0.293 e. The number of ether oxygens (including phenoxy) is 1. The van der Waals surface area contributed by atoms with Gasteiger partial charge in [0.2, 0.25) is 0 Å². The molecule has 8 nitrogen and oxygen atoms in total. The maximum Gasteiger partial charge on any atom is 0.293 e. The summed E-state index contributed by atoms with van der Waals surface area (Å²) in [4.78, 5) is 29.4. The van der Waals surface area contributed by atoms with E-state index in [1.54, 1.807) is 6.07 Å².